The highest BCUT2D eigenvalue weighted by Gasteiger charge is 2.20. The van der Waals surface area contributed by atoms with Gasteiger partial charge in [0, 0.05) is 32.7 Å². The third-order valence-corrected chi connectivity index (χ3v) is 2.93. The first-order chi connectivity index (χ1) is 8.67. The van der Waals surface area contributed by atoms with Crippen LogP contribution in [0.15, 0.2) is 12.2 Å². The summed E-state index contributed by atoms with van der Waals surface area (Å²) in [6, 6.07) is 0. The maximum Gasteiger partial charge on any atom is 0.246 e. The van der Waals surface area contributed by atoms with Crippen LogP contribution in [0.1, 0.15) is 20.3 Å². The Morgan fingerprint density at radius 1 is 1.22 bits per heavy atom. The zero-order valence-electron chi connectivity index (χ0n) is 11.3. The number of amides is 2. The first-order valence-electron chi connectivity index (χ1n) is 6.58. The van der Waals surface area contributed by atoms with Gasteiger partial charge in [-0.15, -0.1) is 0 Å². The molecule has 5 nitrogen and oxygen atoms in total. The molecule has 1 aliphatic heterocycles. The SMILES string of the molecule is CC=CC(=O)N1CCN(CC(=O)NCCC)CC1. The molecule has 0 unspecified atom stereocenters. The molecule has 0 spiro atoms. The summed E-state index contributed by atoms with van der Waals surface area (Å²) in [4.78, 5) is 27.1. The summed E-state index contributed by atoms with van der Waals surface area (Å²) in [6.07, 6.45) is 4.30. The molecule has 0 radical (unpaired) electrons. The molecule has 2 amide bonds. The smallest absolute Gasteiger partial charge is 0.246 e. The number of nitrogens with zero attached hydrogens (tertiary/aromatic N) is 2. The zero-order chi connectivity index (χ0) is 13.4. The van der Waals surface area contributed by atoms with E-state index in [1.54, 1.807) is 12.2 Å². The minimum Gasteiger partial charge on any atom is -0.355 e. The molecule has 102 valence electrons. The normalized spacial score (nSPS) is 17.1. The highest BCUT2D eigenvalue weighted by Crippen LogP contribution is 2.02. The Kier molecular flexibility index (Phi) is 6.43. The van der Waals surface area contributed by atoms with Crippen LogP contribution in [0.2, 0.25) is 0 Å². The number of hydrogen-bond acceptors (Lipinski definition) is 3. The van der Waals surface area contributed by atoms with Crippen LogP contribution in [0.3, 0.4) is 0 Å². The van der Waals surface area contributed by atoms with E-state index in [-0.39, 0.29) is 11.8 Å². The summed E-state index contributed by atoms with van der Waals surface area (Å²) >= 11 is 0. The minimum atomic E-state index is 0.0626. The van der Waals surface area contributed by atoms with Crippen molar-refractivity contribution in [3.63, 3.8) is 0 Å². The molecule has 0 aromatic heterocycles. The van der Waals surface area contributed by atoms with E-state index >= 15 is 0 Å². The maximum atomic E-state index is 11.6. The van der Waals surface area contributed by atoms with Gasteiger partial charge in [-0.05, 0) is 19.4 Å². The summed E-state index contributed by atoms with van der Waals surface area (Å²) < 4.78 is 0. The third kappa shape index (κ3) is 4.87. The lowest BCUT2D eigenvalue weighted by molar-refractivity contribution is -0.128. The second kappa shape index (κ2) is 7.87. The quantitative estimate of drug-likeness (QED) is 0.714. The number of rotatable bonds is 5. The lowest BCUT2D eigenvalue weighted by atomic mass is 10.3. The highest BCUT2D eigenvalue weighted by molar-refractivity contribution is 5.87. The second-order valence-corrected chi connectivity index (χ2v) is 4.45. The zero-order valence-corrected chi connectivity index (χ0v) is 11.3. The van der Waals surface area contributed by atoms with Gasteiger partial charge >= 0.3 is 0 Å². The Balaban J connectivity index is 2.27. The van der Waals surface area contributed by atoms with Crippen LogP contribution >= 0.6 is 0 Å². The van der Waals surface area contributed by atoms with Crippen molar-refractivity contribution < 1.29 is 9.59 Å². The molecular weight excluding hydrogens is 230 g/mol. The summed E-state index contributed by atoms with van der Waals surface area (Å²) in [5, 5.41) is 2.86. The monoisotopic (exact) mass is 253 g/mol. The van der Waals surface area contributed by atoms with E-state index in [0.717, 1.165) is 26.1 Å². The number of carbonyl (C=O) groups excluding carboxylic acids is 2. The lowest BCUT2D eigenvalue weighted by Gasteiger charge is -2.33. The van der Waals surface area contributed by atoms with E-state index in [0.29, 0.717) is 19.6 Å². The molecule has 0 aromatic carbocycles. The molecule has 1 aliphatic rings. The Bertz CT molecular complexity index is 307. The fourth-order valence-electron chi connectivity index (χ4n) is 1.90. The van der Waals surface area contributed by atoms with E-state index in [2.05, 4.69) is 10.2 Å². The lowest BCUT2D eigenvalue weighted by Crippen LogP contribution is -2.50. The molecule has 1 fully saturated rings. The predicted molar refractivity (Wildman–Crippen MR) is 71.1 cm³/mol. The average molecular weight is 253 g/mol. The van der Waals surface area contributed by atoms with E-state index in [9.17, 15) is 9.59 Å². The number of allylic oxidation sites excluding steroid dienone is 1. The van der Waals surface area contributed by atoms with Crippen LogP contribution in [0, 0.1) is 0 Å². The van der Waals surface area contributed by atoms with Crippen molar-refractivity contribution in [2.24, 2.45) is 0 Å². The molecular formula is C13H23N3O2. The fraction of sp³-hybridized carbons (Fsp3) is 0.692. The number of nitrogens with one attached hydrogen (secondary N) is 1. The standard InChI is InChI=1S/C13H23N3O2/c1-3-5-13(18)16-9-7-15(8-10-16)11-12(17)14-6-4-2/h3,5H,4,6-11H2,1-2H3,(H,14,17). The number of piperazine rings is 1. The van der Waals surface area contributed by atoms with Crippen molar-refractivity contribution >= 4 is 11.8 Å². The van der Waals surface area contributed by atoms with Crippen molar-refractivity contribution in [3.8, 4) is 0 Å². The van der Waals surface area contributed by atoms with Crippen LogP contribution in [0.4, 0.5) is 0 Å². The van der Waals surface area contributed by atoms with Crippen molar-refractivity contribution in [2.75, 3.05) is 39.3 Å². The van der Waals surface area contributed by atoms with Crippen LogP contribution in [-0.2, 0) is 9.59 Å². The van der Waals surface area contributed by atoms with Gasteiger partial charge in [-0.3, -0.25) is 14.5 Å². The van der Waals surface area contributed by atoms with Gasteiger partial charge in [-0.1, -0.05) is 13.0 Å². The summed E-state index contributed by atoms with van der Waals surface area (Å²) in [7, 11) is 0. The van der Waals surface area contributed by atoms with Crippen LogP contribution < -0.4 is 5.32 Å². The van der Waals surface area contributed by atoms with Gasteiger partial charge in [0.15, 0.2) is 0 Å². The van der Waals surface area contributed by atoms with Gasteiger partial charge in [-0.25, -0.2) is 0 Å². The molecule has 0 atom stereocenters. The van der Waals surface area contributed by atoms with Crippen LogP contribution in [0.5, 0.6) is 0 Å². The first-order valence-corrected chi connectivity index (χ1v) is 6.58. The molecule has 0 bridgehead atoms. The van der Waals surface area contributed by atoms with Gasteiger partial charge in [0.2, 0.25) is 11.8 Å². The van der Waals surface area contributed by atoms with Crippen molar-refractivity contribution in [1.82, 2.24) is 15.1 Å². The van der Waals surface area contributed by atoms with Gasteiger partial charge in [0.25, 0.3) is 0 Å². The average Bonchev–Trinajstić information content (AvgIpc) is 2.37. The molecule has 1 rings (SSSR count). The van der Waals surface area contributed by atoms with E-state index < -0.39 is 0 Å². The molecule has 0 aliphatic carbocycles. The Morgan fingerprint density at radius 3 is 2.44 bits per heavy atom. The van der Waals surface area contributed by atoms with Gasteiger partial charge in [-0.2, -0.15) is 0 Å². The van der Waals surface area contributed by atoms with Crippen LogP contribution in [-0.4, -0.2) is 60.9 Å². The van der Waals surface area contributed by atoms with Crippen molar-refractivity contribution in [3.05, 3.63) is 12.2 Å². The first kappa shape index (κ1) is 14.7. The second-order valence-electron chi connectivity index (χ2n) is 4.45. The number of hydrogen-bond donors (Lipinski definition) is 1. The molecule has 5 heteroatoms. The minimum absolute atomic E-state index is 0.0626. The van der Waals surface area contributed by atoms with Crippen molar-refractivity contribution in [2.45, 2.75) is 20.3 Å². The summed E-state index contributed by atoms with van der Waals surface area (Å²) in [6.45, 7) is 7.97. The Labute approximate surface area is 109 Å². The van der Waals surface area contributed by atoms with E-state index in [4.69, 9.17) is 0 Å². The number of carbonyl (C=O) groups is 2. The van der Waals surface area contributed by atoms with Gasteiger partial charge in [0.05, 0.1) is 6.54 Å². The molecule has 1 N–H and O–H groups in total. The van der Waals surface area contributed by atoms with Gasteiger partial charge in [0.1, 0.15) is 0 Å². The molecule has 1 heterocycles. The predicted octanol–water partition coefficient (Wildman–Crippen LogP) is 0.233. The van der Waals surface area contributed by atoms with Gasteiger partial charge < -0.3 is 10.2 Å². The summed E-state index contributed by atoms with van der Waals surface area (Å²) in [5.74, 6) is 0.137. The Morgan fingerprint density at radius 2 is 1.89 bits per heavy atom. The molecule has 18 heavy (non-hydrogen) atoms. The Hall–Kier alpha value is -1.36. The van der Waals surface area contributed by atoms with Crippen LogP contribution in [0.25, 0.3) is 0 Å². The highest BCUT2D eigenvalue weighted by atomic mass is 16.2. The maximum absolute atomic E-state index is 11.6. The molecule has 0 aromatic rings. The molecule has 0 saturated carbocycles. The summed E-state index contributed by atoms with van der Waals surface area (Å²) in [5.41, 5.74) is 0. The molecule has 1 saturated heterocycles. The van der Waals surface area contributed by atoms with E-state index in [1.807, 2.05) is 18.7 Å². The van der Waals surface area contributed by atoms with E-state index in [1.165, 1.54) is 0 Å². The van der Waals surface area contributed by atoms with Crippen molar-refractivity contribution in [1.29, 1.82) is 0 Å². The topological polar surface area (TPSA) is 52.7 Å². The third-order valence-electron chi connectivity index (χ3n) is 2.93. The largest absolute Gasteiger partial charge is 0.355 e. The fourth-order valence-corrected chi connectivity index (χ4v) is 1.90.